The molecule has 0 radical (unpaired) electrons. The summed E-state index contributed by atoms with van der Waals surface area (Å²) >= 11 is 0. The zero-order valence-corrected chi connectivity index (χ0v) is 15.8. The van der Waals surface area contributed by atoms with E-state index in [4.69, 9.17) is 4.74 Å². The van der Waals surface area contributed by atoms with Crippen LogP contribution in [0.3, 0.4) is 0 Å². The first-order chi connectivity index (χ1) is 14.1. The maximum absolute atomic E-state index is 13.0. The number of nitrogens with zero attached hydrogens (tertiary/aromatic N) is 2. The van der Waals surface area contributed by atoms with Gasteiger partial charge in [-0.3, -0.25) is 14.2 Å². The highest BCUT2D eigenvalue weighted by Crippen LogP contribution is 2.17. The van der Waals surface area contributed by atoms with Crippen LogP contribution in [0.5, 0.6) is 5.75 Å². The molecule has 29 heavy (non-hydrogen) atoms. The fourth-order valence-electron chi connectivity index (χ4n) is 3.13. The maximum atomic E-state index is 13.0. The Labute approximate surface area is 167 Å². The first kappa shape index (κ1) is 18.4. The molecule has 6 nitrogen and oxygen atoms in total. The Morgan fingerprint density at radius 3 is 2.59 bits per heavy atom. The molecule has 144 valence electrons. The van der Waals surface area contributed by atoms with Crippen molar-refractivity contribution in [1.29, 1.82) is 0 Å². The molecule has 4 rings (SSSR count). The number of amides is 1. The molecule has 1 N–H and O–H groups in total. The van der Waals surface area contributed by atoms with Crippen LogP contribution in [-0.4, -0.2) is 22.1 Å². The molecule has 6 heteroatoms. The van der Waals surface area contributed by atoms with Gasteiger partial charge in [0.05, 0.1) is 16.6 Å². The van der Waals surface area contributed by atoms with Crippen LogP contribution in [0.1, 0.15) is 5.82 Å². The number of carbonyl (C=O) groups is 1. The number of ether oxygens (including phenoxy) is 1. The summed E-state index contributed by atoms with van der Waals surface area (Å²) in [6.07, 6.45) is 0. The van der Waals surface area contributed by atoms with E-state index in [9.17, 15) is 9.59 Å². The summed E-state index contributed by atoms with van der Waals surface area (Å²) in [5, 5.41) is 3.34. The molecule has 0 bridgehead atoms. The number of hydrogen-bond donors (Lipinski definition) is 1. The van der Waals surface area contributed by atoms with E-state index in [0.29, 0.717) is 33.9 Å². The second-order valence-corrected chi connectivity index (χ2v) is 6.52. The molecule has 0 aliphatic heterocycles. The molecule has 3 aromatic carbocycles. The molecule has 1 aromatic heterocycles. The topological polar surface area (TPSA) is 73.2 Å². The van der Waals surface area contributed by atoms with Crippen molar-refractivity contribution in [2.45, 2.75) is 6.92 Å². The Morgan fingerprint density at radius 2 is 1.76 bits per heavy atom. The Hall–Kier alpha value is -3.93. The highest BCUT2D eigenvalue weighted by molar-refractivity contribution is 5.92. The van der Waals surface area contributed by atoms with Gasteiger partial charge in [-0.2, -0.15) is 0 Å². The summed E-state index contributed by atoms with van der Waals surface area (Å²) < 4.78 is 7.00. The Bertz CT molecular complexity index is 1230. The lowest BCUT2D eigenvalue weighted by atomic mass is 10.2. The Morgan fingerprint density at radius 1 is 1.00 bits per heavy atom. The SMILES string of the molecule is Cc1nc2ccccc2c(=O)n1-c1cccc(NC(=O)COc2ccccc2)c1. The van der Waals surface area contributed by atoms with Gasteiger partial charge < -0.3 is 10.1 Å². The number of hydrogen-bond acceptors (Lipinski definition) is 4. The summed E-state index contributed by atoms with van der Waals surface area (Å²) in [5.74, 6) is 0.914. The van der Waals surface area contributed by atoms with Crippen molar-refractivity contribution in [3.63, 3.8) is 0 Å². The maximum Gasteiger partial charge on any atom is 0.265 e. The fourth-order valence-corrected chi connectivity index (χ4v) is 3.13. The summed E-state index contributed by atoms with van der Waals surface area (Å²) in [5.41, 5.74) is 1.72. The highest BCUT2D eigenvalue weighted by atomic mass is 16.5. The monoisotopic (exact) mass is 385 g/mol. The molecule has 1 amide bonds. The van der Waals surface area contributed by atoms with Crippen molar-refractivity contribution >= 4 is 22.5 Å². The minimum Gasteiger partial charge on any atom is -0.484 e. The number of para-hydroxylation sites is 2. The standard InChI is InChI=1S/C23H19N3O3/c1-16-24-21-13-6-5-12-20(21)23(28)26(16)18-9-7-8-17(14-18)25-22(27)15-29-19-10-3-2-4-11-19/h2-14H,15H2,1H3,(H,25,27). The summed E-state index contributed by atoms with van der Waals surface area (Å²) in [4.78, 5) is 29.7. The van der Waals surface area contributed by atoms with E-state index in [1.54, 1.807) is 54.0 Å². The van der Waals surface area contributed by atoms with Crippen molar-refractivity contribution in [3.05, 3.63) is 95.0 Å². The second-order valence-electron chi connectivity index (χ2n) is 6.52. The number of aryl methyl sites for hydroxylation is 1. The first-order valence-corrected chi connectivity index (χ1v) is 9.18. The van der Waals surface area contributed by atoms with Crippen LogP contribution >= 0.6 is 0 Å². The van der Waals surface area contributed by atoms with E-state index in [1.165, 1.54) is 0 Å². The minimum atomic E-state index is -0.285. The van der Waals surface area contributed by atoms with Crippen molar-refractivity contribution in [3.8, 4) is 11.4 Å². The molecule has 0 atom stereocenters. The van der Waals surface area contributed by atoms with Gasteiger partial charge in [0.25, 0.3) is 11.5 Å². The zero-order chi connectivity index (χ0) is 20.2. The van der Waals surface area contributed by atoms with Crippen molar-refractivity contribution in [2.24, 2.45) is 0 Å². The molecular weight excluding hydrogens is 366 g/mol. The fraction of sp³-hybridized carbons (Fsp3) is 0.0870. The van der Waals surface area contributed by atoms with Gasteiger partial charge in [-0.25, -0.2) is 4.98 Å². The van der Waals surface area contributed by atoms with Crippen LogP contribution in [0, 0.1) is 6.92 Å². The predicted molar refractivity (Wildman–Crippen MR) is 113 cm³/mol. The van der Waals surface area contributed by atoms with Gasteiger partial charge in [-0.1, -0.05) is 36.4 Å². The summed E-state index contributed by atoms with van der Waals surface area (Å²) in [6.45, 7) is 1.68. The lowest BCUT2D eigenvalue weighted by Crippen LogP contribution is -2.23. The summed E-state index contributed by atoms with van der Waals surface area (Å²) in [7, 11) is 0. The van der Waals surface area contributed by atoms with E-state index >= 15 is 0 Å². The molecule has 1 heterocycles. The van der Waals surface area contributed by atoms with Gasteiger partial charge in [0.2, 0.25) is 0 Å². The van der Waals surface area contributed by atoms with Crippen LogP contribution in [0.4, 0.5) is 5.69 Å². The van der Waals surface area contributed by atoms with E-state index in [1.807, 2.05) is 36.4 Å². The molecule has 0 saturated heterocycles. The lowest BCUT2D eigenvalue weighted by molar-refractivity contribution is -0.118. The smallest absolute Gasteiger partial charge is 0.265 e. The van der Waals surface area contributed by atoms with Crippen LogP contribution in [0.15, 0.2) is 83.7 Å². The number of carbonyl (C=O) groups excluding carboxylic acids is 1. The number of fused-ring (bicyclic) bond motifs is 1. The zero-order valence-electron chi connectivity index (χ0n) is 15.8. The number of aromatic nitrogens is 2. The van der Waals surface area contributed by atoms with Crippen molar-refractivity contribution in [1.82, 2.24) is 9.55 Å². The predicted octanol–water partition coefficient (Wildman–Crippen LogP) is 3.71. The van der Waals surface area contributed by atoms with Crippen LogP contribution < -0.4 is 15.6 Å². The summed E-state index contributed by atoms with van der Waals surface area (Å²) in [6, 6.07) is 23.5. The van der Waals surface area contributed by atoms with Crippen LogP contribution in [0.25, 0.3) is 16.6 Å². The van der Waals surface area contributed by atoms with Gasteiger partial charge in [-0.05, 0) is 49.4 Å². The second kappa shape index (κ2) is 7.98. The number of rotatable bonds is 5. The van der Waals surface area contributed by atoms with E-state index in [2.05, 4.69) is 10.3 Å². The van der Waals surface area contributed by atoms with Gasteiger partial charge in [0.1, 0.15) is 11.6 Å². The van der Waals surface area contributed by atoms with Crippen molar-refractivity contribution < 1.29 is 9.53 Å². The molecular formula is C23H19N3O3. The Kier molecular flexibility index (Phi) is 5.07. The molecule has 0 aliphatic rings. The molecule has 0 spiro atoms. The third-order valence-corrected chi connectivity index (χ3v) is 4.44. The van der Waals surface area contributed by atoms with Gasteiger partial charge in [0.15, 0.2) is 6.61 Å². The largest absolute Gasteiger partial charge is 0.484 e. The number of nitrogens with one attached hydrogen (secondary N) is 1. The first-order valence-electron chi connectivity index (χ1n) is 9.18. The van der Waals surface area contributed by atoms with Gasteiger partial charge in [-0.15, -0.1) is 0 Å². The quantitative estimate of drug-likeness (QED) is 0.568. The normalized spacial score (nSPS) is 10.7. The minimum absolute atomic E-state index is 0.106. The van der Waals surface area contributed by atoms with Gasteiger partial charge >= 0.3 is 0 Å². The van der Waals surface area contributed by atoms with E-state index in [0.717, 1.165) is 0 Å². The molecule has 0 saturated carbocycles. The average molecular weight is 385 g/mol. The Balaban J connectivity index is 1.57. The van der Waals surface area contributed by atoms with Gasteiger partial charge in [0, 0.05) is 5.69 Å². The number of benzene rings is 3. The van der Waals surface area contributed by atoms with E-state index in [-0.39, 0.29) is 18.1 Å². The van der Waals surface area contributed by atoms with Crippen LogP contribution in [0.2, 0.25) is 0 Å². The molecule has 0 unspecified atom stereocenters. The molecule has 4 aromatic rings. The lowest BCUT2D eigenvalue weighted by Gasteiger charge is -2.13. The number of anilines is 1. The molecule has 0 aliphatic carbocycles. The van der Waals surface area contributed by atoms with Crippen molar-refractivity contribution in [2.75, 3.05) is 11.9 Å². The highest BCUT2D eigenvalue weighted by Gasteiger charge is 2.11. The van der Waals surface area contributed by atoms with Crippen LogP contribution in [-0.2, 0) is 4.79 Å². The third-order valence-electron chi connectivity index (χ3n) is 4.44. The average Bonchev–Trinajstić information content (AvgIpc) is 2.73. The molecule has 0 fully saturated rings. The third kappa shape index (κ3) is 4.01. The van der Waals surface area contributed by atoms with E-state index < -0.39 is 0 Å².